The van der Waals surface area contributed by atoms with E-state index < -0.39 is 5.69 Å². The fraction of sp³-hybridized carbons (Fsp3) is 0.154. The summed E-state index contributed by atoms with van der Waals surface area (Å²) < 4.78 is 0. The van der Waals surface area contributed by atoms with Crippen molar-refractivity contribution in [1.82, 2.24) is 20.2 Å². The van der Waals surface area contributed by atoms with Gasteiger partial charge in [-0.15, -0.1) is 0 Å². The van der Waals surface area contributed by atoms with E-state index in [0.29, 0.717) is 10.9 Å². The molecule has 0 radical (unpaired) electrons. The van der Waals surface area contributed by atoms with Crippen LogP contribution in [0.5, 0.6) is 0 Å². The van der Waals surface area contributed by atoms with Crippen LogP contribution in [-0.4, -0.2) is 20.2 Å². The van der Waals surface area contributed by atoms with Crippen molar-refractivity contribution in [3.05, 3.63) is 50.4 Å². The molecule has 0 saturated carbocycles. The molecule has 3 aromatic rings. The second-order valence-electron chi connectivity index (χ2n) is 4.48. The molecule has 0 fully saturated rings. The molecule has 96 valence electrons. The molecule has 19 heavy (non-hydrogen) atoms. The molecule has 2 heterocycles. The van der Waals surface area contributed by atoms with Crippen molar-refractivity contribution in [2.75, 3.05) is 0 Å². The molecule has 3 rings (SSSR count). The summed E-state index contributed by atoms with van der Waals surface area (Å²) in [7, 11) is 0. The molecule has 0 atom stereocenters. The summed E-state index contributed by atoms with van der Waals surface area (Å²) >= 11 is 0. The lowest BCUT2D eigenvalue weighted by atomic mass is 10.0. The number of aromatic amines is 3. The van der Waals surface area contributed by atoms with Gasteiger partial charge in [0.05, 0.1) is 16.6 Å². The van der Waals surface area contributed by atoms with E-state index in [0.717, 1.165) is 22.5 Å². The quantitative estimate of drug-likeness (QED) is 0.611. The molecule has 0 aliphatic heterocycles. The third-order valence-electron chi connectivity index (χ3n) is 3.16. The van der Waals surface area contributed by atoms with Crippen LogP contribution in [0.25, 0.3) is 22.0 Å². The highest BCUT2D eigenvalue weighted by Crippen LogP contribution is 2.26. The molecule has 0 bridgehead atoms. The molecule has 0 unspecified atom stereocenters. The van der Waals surface area contributed by atoms with Crippen molar-refractivity contribution in [2.45, 2.75) is 13.8 Å². The van der Waals surface area contributed by atoms with Gasteiger partial charge < -0.3 is 4.98 Å². The van der Waals surface area contributed by atoms with Crippen molar-refractivity contribution < 1.29 is 0 Å². The van der Waals surface area contributed by atoms with Gasteiger partial charge in [-0.1, -0.05) is 6.07 Å². The number of aromatic nitrogens is 4. The Balaban J connectivity index is 2.34. The Labute approximate surface area is 107 Å². The van der Waals surface area contributed by atoms with Crippen LogP contribution in [0.1, 0.15) is 11.4 Å². The molecular formula is C13H12N4O2. The Hall–Kier alpha value is -2.63. The zero-order chi connectivity index (χ0) is 13.6. The van der Waals surface area contributed by atoms with E-state index in [4.69, 9.17) is 0 Å². The Bertz CT molecular complexity index is 866. The fourth-order valence-electron chi connectivity index (χ4n) is 2.30. The highest BCUT2D eigenvalue weighted by atomic mass is 16.2. The largest absolute Gasteiger partial charge is 0.326 e. The van der Waals surface area contributed by atoms with E-state index in [9.17, 15) is 9.59 Å². The molecule has 0 aliphatic carbocycles. The molecule has 0 spiro atoms. The Morgan fingerprint density at radius 3 is 2.58 bits per heavy atom. The van der Waals surface area contributed by atoms with Crippen LogP contribution in [-0.2, 0) is 0 Å². The summed E-state index contributed by atoms with van der Waals surface area (Å²) in [4.78, 5) is 27.8. The minimum atomic E-state index is -0.499. The van der Waals surface area contributed by atoms with Crippen molar-refractivity contribution in [3.63, 3.8) is 0 Å². The van der Waals surface area contributed by atoms with Crippen LogP contribution in [0.15, 0.2) is 27.8 Å². The summed E-state index contributed by atoms with van der Waals surface area (Å²) in [5, 5.41) is 7.51. The summed E-state index contributed by atoms with van der Waals surface area (Å²) in [6.07, 6.45) is 0. The fourth-order valence-corrected chi connectivity index (χ4v) is 2.30. The SMILES string of the molecule is Cc1n[nH]c(C)c1-c1ccc2[nH]c(=O)[nH]c(=O)c2c1. The lowest BCUT2D eigenvalue weighted by Gasteiger charge is -2.03. The maximum absolute atomic E-state index is 11.8. The number of benzene rings is 1. The standard InChI is InChI=1S/C13H12N4O2/c1-6-11(7(2)17-16-6)8-3-4-10-9(5-8)12(18)15-13(19)14-10/h3-5H,1-2H3,(H,16,17)(H2,14,15,18,19). The number of nitrogens with zero attached hydrogens (tertiary/aromatic N) is 1. The lowest BCUT2D eigenvalue weighted by Crippen LogP contribution is -2.21. The zero-order valence-corrected chi connectivity index (χ0v) is 10.5. The van der Waals surface area contributed by atoms with Gasteiger partial charge in [0.2, 0.25) is 0 Å². The molecule has 0 saturated heterocycles. The lowest BCUT2D eigenvalue weighted by molar-refractivity contribution is 1.02. The Morgan fingerprint density at radius 1 is 1.11 bits per heavy atom. The highest BCUT2D eigenvalue weighted by Gasteiger charge is 2.10. The molecular weight excluding hydrogens is 244 g/mol. The number of nitrogens with one attached hydrogen (secondary N) is 3. The first-order valence-electron chi connectivity index (χ1n) is 5.84. The van der Waals surface area contributed by atoms with Crippen LogP contribution in [0.4, 0.5) is 0 Å². The summed E-state index contributed by atoms with van der Waals surface area (Å²) in [6, 6.07) is 5.35. The number of hydrogen-bond acceptors (Lipinski definition) is 3. The normalized spacial score (nSPS) is 11.1. The molecule has 0 amide bonds. The maximum Gasteiger partial charge on any atom is 0.326 e. The minimum Gasteiger partial charge on any atom is -0.307 e. The molecule has 0 aliphatic rings. The van der Waals surface area contributed by atoms with E-state index in [2.05, 4.69) is 20.2 Å². The molecule has 3 N–H and O–H groups in total. The van der Waals surface area contributed by atoms with Gasteiger partial charge >= 0.3 is 5.69 Å². The van der Waals surface area contributed by atoms with Gasteiger partial charge in [-0.2, -0.15) is 5.10 Å². The first-order valence-corrected chi connectivity index (χ1v) is 5.84. The molecule has 2 aromatic heterocycles. The minimum absolute atomic E-state index is 0.389. The second-order valence-corrected chi connectivity index (χ2v) is 4.48. The van der Waals surface area contributed by atoms with Gasteiger partial charge in [0.1, 0.15) is 0 Å². The number of rotatable bonds is 1. The van der Waals surface area contributed by atoms with Crippen LogP contribution >= 0.6 is 0 Å². The first-order chi connectivity index (χ1) is 9.06. The van der Waals surface area contributed by atoms with Gasteiger partial charge in [0.25, 0.3) is 5.56 Å². The topological polar surface area (TPSA) is 94.4 Å². The van der Waals surface area contributed by atoms with Crippen LogP contribution in [0.2, 0.25) is 0 Å². The second kappa shape index (κ2) is 3.94. The summed E-state index contributed by atoms with van der Waals surface area (Å²) in [6.45, 7) is 3.83. The van der Waals surface area contributed by atoms with Gasteiger partial charge in [-0.3, -0.25) is 14.9 Å². The Kier molecular flexibility index (Phi) is 2.38. The number of hydrogen-bond donors (Lipinski definition) is 3. The number of H-pyrrole nitrogens is 3. The predicted octanol–water partition coefficient (Wildman–Crippen LogP) is 1.22. The average Bonchev–Trinajstić information content (AvgIpc) is 2.69. The number of aryl methyl sites for hydroxylation is 2. The number of fused-ring (bicyclic) bond motifs is 1. The molecule has 6 heteroatoms. The first kappa shape index (κ1) is 11.5. The van der Waals surface area contributed by atoms with Gasteiger partial charge in [-0.25, -0.2) is 4.79 Å². The van der Waals surface area contributed by atoms with Crippen LogP contribution < -0.4 is 11.2 Å². The van der Waals surface area contributed by atoms with Crippen LogP contribution in [0.3, 0.4) is 0 Å². The van der Waals surface area contributed by atoms with Gasteiger partial charge in [0.15, 0.2) is 0 Å². The third kappa shape index (κ3) is 1.77. The van der Waals surface area contributed by atoms with Gasteiger partial charge in [-0.05, 0) is 31.5 Å². The van der Waals surface area contributed by atoms with Crippen molar-refractivity contribution in [2.24, 2.45) is 0 Å². The average molecular weight is 256 g/mol. The summed E-state index contributed by atoms with van der Waals surface area (Å²) in [5.74, 6) is 0. The highest BCUT2D eigenvalue weighted by molar-refractivity contribution is 5.84. The smallest absolute Gasteiger partial charge is 0.307 e. The van der Waals surface area contributed by atoms with Crippen molar-refractivity contribution in [1.29, 1.82) is 0 Å². The Morgan fingerprint density at radius 2 is 1.89 bits per heavy atom. The van der Waals surface area contributed by atoms with Crippen molar-refractivity contribution in [3.8, 4) is 11.1 Å². The van der Waals surface area contributed by atoms with E-state index in [-0.39, 0.29) is 5.56 Å². The van der Waals surface area contributed by atoms with Gasteiger partial charge in [0, 0.05) is 11.3 Å². The molecule has 1 aromatic carbocycles. The third-order valence-corrected chi connectivity index (χ3v) is 3.16. The van der Waals surface area contributed by atoms with Crippen LogP contribution in [0, 0.1) is 13.8 Å². The van der Waals surface area contributed by atoms with E-state index in [1.807, 2.05) is 19.9 Å². The van der Waals surface area contributed by atoms with E-state index in [1.165, 1.54) is 0 Å². The monoisotopic (exact) mass is 256 g/mol. The molecule has 6 nitrogen and oxygen atoms in total. The van der Waals surface area contributed by atoms with E-state index in [1.54, 1.807) is 12.1 Å². The zero-order valence-electron chi connectivity index (χ0n) is 10.5. The van der Waals surface area contributed by atoms with Crippen molar-refractivity contribution >= 4 is 10.9 Å². The predicted molar refractivity (Wildman–Crippen MR) is 72.2 cm³/mol. The van der Waals surface area contributed by atoms with E-state index >= 15 is 0 Å². The maximum atomic E-state index is 11.8. The summed E-state index contributed by atoms with van der Waals surface area (Å²) in [5.41, 5.74) is 3.33.